The lowest BCUT2D eigenvalue weighted by molar-refractivity contribution is 0.160. The lowest BCUT2D eigenvalue weighted by atomic mass is 10.0. The molecule has 0 spiro atoms. The fourth-order valence-corrected chi connectivity index (χ4v) is 4.05. The van der Waals surface area contributed by atoms with Crippen LogP contribution in [0.25, 0.3) is 10.6 Å². The maximum atomic E-state index is 10.2. The predicted molar refractivity (Wildman–Crippen MR) is 90.5 cm³/mol. The van der Waals surface area contributed by atoms with Gasteiger partial charge in [-0.05, 0) is 43.0 Å². The number of fused-ring (bicyclic) bond motifs is 1. The Morgan fingerprint density at radius 3 is 2.91 bits per heavy atom. The fraction of sp³-hybridized carbons (Fsp3) is 0.471. The van der Waals surface area contributed by atoms with Gasteiger partial charge < -0.3 is 14.7 Å². The maximum Gasteiger partial charge on any atom is 0.124 e. The third kappa shape index (κ3) is 2.89. The molecule has 22 heavy (non-hydrogen) atoms. The Bertz CT molecular complexity index is 667. The summed E-state index contributed by atoms with van der Waals surface area (Å²) in [6.07, 6.45) is 2.49. The number of rotatable bonds is 4. The number of aryl methyl sites for hydroxylation is 1. The molecule has 2 aromatic rings. The number of anilines is 1. The number of thiazole rings is 1. The molecule has 1 aliphatic rings. The average molecular weight is 318 g/mol. The van der Waals surface area contributed by atoms with Gasteiger partial charge in [0.05, 0.1) is 23.3 Å². The normalized spacial score (nSPS) is 17.4. The van der Waals surface area contributed by atoms with Crippen LogP contribution in [0.3, 0.4) is 0 Å². The summed E-state index contributed by atoms with van der Waals surface area (Å²) in [5, 5.41) is 11.1. The fourth-order valence-electron chi connectivity index (χ4n) is 2.85. The van der Waals surface area contributed by atoms with Crippen LogP contribution in [-0.4, -0.2) is 31.3 Å². The summed E-state index contributed by atoms with van der Waals surface area (Å²) in [5.74, 6) is 0. The summed E-state index contributed by atoms with van der Waals surface area (Å²) < 4.78 is 5.36. The molecule has 0 saturated carbocycles. The number of nitrogens with zero attached hydrogens (tertiary/aromatic N) is 2. The molecule has 5 heteroatoms. The van der Waals surface area contributed by atoms with Crippen molar-refractivity contribution in [1.82, 2.24) is 4.98 Å². The number of methoxy groups -OCH3 is 1. The van der Waals surface area contributed by atoms with E-state index in [2.05, 4.69) is 23.1 Å². The third-order valence-electron chi connectivity index (χ3n) is 4.06. The first kappa shape index (κ1) is 15.5. The zero-order valence-electron chi connectivity index (χ0n) is 13.3. The number of hydrogen-bond donors (Lipinski definition) is 1. The van der Waals surface area contributed by atoms with Crippen molar-refractivity contribution in [2.45, 2.75) is 32.0 Å². The third-order valence-corrected chi connectivity index (χ3v) is 5.29. The molecule has 4 nitrogen and oxygen atoms in total. The maximum absolute atomic E-state index is 10.2. The van der Waals surface area contributed by atoms with Crippen molar-refractivity contribution in [2.75, 3.05) is 26.1 Å². The molecule has 1 aromatic heterocycles. The van der Waals surface area contributed by atoms with Crippen LogP contribution in [0.4, 0.5) is 5.69 Å². The van der Waals surface area contributed by atoms with Gasteiger partial charge in [-0.25, -0.2) is 4.98 Å². The van der Waals surface area contributed by atoms with Crippen LogP contribution in [0.2, 0.25) is 0 Å². The second kappa shape index (κ2) is 6.36. The molecule has 0 aliphatic heterocycles. The molecule has 118 valence electrons. The predicted octanol–water partition coefficient (Wildman–Crippen LogP) is 3.39. The van der Waals surface area contributed by atoms with Gasteiger partial charge in [-0.15, -0.1) is 11.3 Å². The van der Waals surface area contributed by atoms with E-state index in [0.717, 1.165) is 51.7 Å². The highest BCUT2D eigenvalue weighted by Crippen LogP contribution is 2.39. The second-order valence-electron chi connectivity index (χ2n) is 5.91. The van der Waals surface area contributed by atoms with Crippen molar-refractivity contribution in [3.05, 3.63) is 34.3 Å². The van der Waals surface area contributed by atoms with Gasteiger partial charge in [0, 0.05) is 32.5 Å². The Morgan fingerprint density at radius 1 is 1.41 bits per heavy atom. The van der Waals surface area contributed by atoms with Crippen LogP contribution in [-0.2, 0) is 17.8 Å². The van der Waals surface area contributed by atoms with E-state index < -0.39 is 0 Å². The Kier molecular flexibility index (Phi) is 4.47. The number of hydrogen-bond acceptors (Lipinski definition) is 5. The van der Waals surface area contributed by atoms with E-state index in [1.807, 2.05) is 14.1 Å². The van der Waals surface area contributed by atoms with E-state index in [0.29, 0.717) is 6.61 Å². The number of ether oxygens (including phenoxy) is 1. The van der Waals surface area contributed by atoms with Gasteiger partial charge >= 0.3 is 0 Å². The summed E-state index contributed by atoms with van der Waals surface area (Å²) in [6, 6.07) is 6.36. The molecule has 0 fully saturated rings. The first-order valence-electron chi connectivity index (χ1n) is 7.57. The molecule has 3 rings (SSSR count). The SMILES string of the molecule is COCc1cc(N(C)C)ccc1-c1nc2c(s1)C(O)CCC2. The quantitative estimate of drug-likeness (QED) is 0.938. The van der Waals surface area contributed by atoms with Crippen molar-refractivity contribution < 1.29 is 9.84 Å². The molecule has 1 unspecified atom stereocenters. The molecule has 1 N–H and O–H groups in total. The highest BCUT2D eigenvalue weighted by Gasteiger charge is 2.24. The first-order valence-corrected chi connectivity index (χ1v) is 8.39. The standard InChI is InChI=1S/C17H22N2O2S/c1-19(2)12-7-8-13(11(9-12)10-21-3)17-18-14-5-4-6-15(20)16(14)22-17/h7-9,15,20H,4-6,10H2,1-3H3. The van der Waals surface area contributed by atoms with Crippen LogP contribution < -0.4 is 4.90 Å². The Hall–Kier alpha value is -1.43. The molecule has 0 bridgehead atoms. The summed E-state index contributed by atoms with van der Waals surface area (Å²) in [5.41, 5.74) is 4.46. The average Bonchev–Trinajstić information content (AvgIpc) is 2.93. The van der Waals surface area contributed by atoms with Gasteiger partial charge in [0.1, 0.15) is 5.01 Å². The number of aromatic nitrogens is 1. The van der Waals surface area contributed by atoms with Crippen LogP contribution >= 0.6 is 11.3 Å². The van der Waals surface area contributed by atoms with Gasteiger partial charge in [-0.1, -0.05) is 0 Å². The van der Waals surface area contributed by atoms with Crippen LogP contribution in [0.15, 0.2) is 18.2 Å². The number of aliphatic hydroxyl groups is 1. The number of aliphatic hydroxyl groups excluding tert-OH is 1. The van der Waals surface area contributed by atoms with Crippen molar-refractivity contribution in [3.8, 4) is 10.6 Å². The minimum atomic E-state index is -0.345. The molecular formula is C17H22N2O2S. The zero-order valence-corrected chi connectivity index (χ0v) is 14.1. The minimum Gasteiger partial charge on any atom is -0.388 e. The van der Waals surface area contributed by atoms with Crippen LogP contribution in [0, 0.1) is 0 Å². The van der Waals surface area contributed by atoms with E-state index in [1.54, 1.807) is 18.4 Å². The molecule has 0 saturated heterocycles. The number of benzene rings is 1. The highest BCUT2D eigenvalue weighted by molar-refractivity contribution is 7.15. The van der Waals surface area contributed by atoms with Gasteiger partial charge in [-0.2, -0.15) is 0 Å². The Labute approximate surface area is 135 Å². The summed E-state index contributed by atoms with van der Waals surface area (Å²) in [6.45, 7) is 0.559. The summed E-state index contributed by atoms with van der Waals surface area (Å²) in [7, 11) is 5.77. The molecule has 0 radical (unpaired) electrons. The van der Waals surface area contributed by atoms with E-state index >= 15 is 0 Å². The van der Waals surface area contributed by atoms with Crippen LogP contribution in [0.1, 0.15) is 35.1 Å². The Balaban J connectivity index is 2.04. The molecule has 1 aromatic carbocycles. The van der Waals surface area contributed by atoms with Crippen LogP contribution in [0.5, 0.6) is 0 Å². The molecule has 0 amide bonds. The van der Waals surface area contributed by atoms with Crippen molar-refractivity contribution in [2.24, 2.45) is 0 Å². The summed E-state index contributed by atoms with van der Waals surface area (Å²) in [4.78, 5) is 7.90. The largest absolute Gasteiger partial charge is 0.388 e. The van der Waals surface area contributed by atoms with Crippen molar-refractivity contribution in [3.63, 3.8) is 0 Å². The molecular weight excluding hydrogens is 296 g/mol. The molecule has 1 heterocycles. The molecule has 1 aliphatic carbocycles. The van der Waals surface area contributed by atoms with Gasteiger partial charge in [0.15, 0.2) is 0 Å². The monoisotopic (exact) mass is 318 g/mol. The topological polar surface area (TPSA) is 45.6 Å². The Morgan fingerprint density at radius 2 is 2.23 bits per heavy atom. The second-order valence-corrected chi connectivity index (χ2v) is 6.94. The van der Waals surface area contributed by atoms with Crippen molar-refractivity contribution >= 4 is 17.0 Å². The smallest absolute Gasteiger partial charge is 0.124 e. The first-order chi connectivity index (χ1) is 10.6. The van der Waals surface area contributed by atoms with E-state index in [9.17, 15) is 5.11 Å². The van der Waals surface area contributed by atoms with Gasteiger partial charge in [0.2, 0.25) is 0 Å². The van der Waals surface area contributed by atoms with E-state index in [4.69, 9.17) is 9.72 Å². The van der Waals surface area contributed by atoms with Gasteiger partial charge in [0.25, 0.3) is 0 Å². The molecule has 1 atom stereocenters. The van der Waals surface area contributed by atoms with E-state index in [-0.39, 0.29) is 6.10 Å². The highest BCUT2D eigenvalue weighted by atomic mass is 32.1. The van der Waals surface area contributed by atoms with Gasteiger partial charge in [-0.3, -0.25) is 0 Å². The zero-order chi connectivity index (χ0) is 15.7. The lowest BCUT2D eigenvalue weighted by Gasteiger charge is -2.15. The van der Waals surface area contributed by atoms with Crippen molar-refractivity contribution in [1.29, 1.82) is 0 Å². The summed E-state index contributed by atoms with van der Waals surface area (Å²) >= 11 is 1.62. The minimum absolute atomic E-state index is 0.345. The van der Waals surface area contributed by atoms with E-state index in [1.165, 1.54) is 0 Å². The lowest BCUT2D eigenvalue weighted by Crippen LogP contribution is -2.09.